The topological polar surface area (TPSA) is 78.4 Å². The van der Waals surface area contributed by atoms with E-state index in [9.17, 15) is 9.59 Å². The highest BCUT2D eigenvalue weighted by Crippen LogP contribution is 2.34. The minimum atomic E-state index is -0.827. The molecule has 2 atom stereocenters. The SMILES string of the molecule is O=C(O)CC(NC(=O)CCC1CCNC1)C1CC1. The molecule has 0 radical (unpaired) electrons. The van der Waals surface area contributed by atoms with Gasteiger partial charge < -0.3 is 15.7 Å². The maximum absolute atomic E-state index is 11.8. The molecule has 2 aliphatic rings. The zero-order valence-electron chi connectivity index (χ0n) is 10.7. The van der Waals surface area contributed by atoms with Crippen molar-refractivity contribution in [2.24, 2.45) is 11.8 Å². The molecule has 5 nitrogen and oxygen atoms in total. The second kappa shape index (κ2) is 6.18. The number of rotatable bonds is 7. The molecule has 1 aliphatic heterocycles. The molecule has 0 spiro atoms. The zero-order chi connectivity index (χ0) is 13.0. The molecule has 2 fully saturated rings. The summed E-state index contributed by atoms with van der Waals surface area (Å²) in [6.45, 7) is 2.06. The van der Waals surface area contributed by atoms with Crippen molar-refractivity contribution in [2.45, 2.75) is 44.6 Å². The fourth-order valence-corrected chi connectivity index (χ4v) is 2.60. The van der Waals surface area contributed by atoms with Crippen molar-refractivity contribution in [3.8, 4) is 0 Å². The van der Waals surface area contributed by atoms with E-state index in [1.54, 1.807) is 0 Å². The van der Waals surface area contributed by atoms with E-state index in [2.05, 4.69) is 10.6 Å². The second-order valence-electron chi connectivity index (χ2n) is 5.51. The molecule has 0 aromatic rings. The number of aliphatic carboxylic acids is 1. The molecular formula is C13H22N2O3. The van der Waals surface area contributed by atoms with Gasteiger partial charge in [0.15, 0.2) is 0 Å². The zero-order valence-corrected chi connectivity index (χ0v) is 10.7. The lowest BCUT2D eigenvalue weighted by Gasteiger charge is -2.16. The van der Waals surface area contributed by atoms with Crippen molar-refractivity contribution >= 4 is 11.9 Å². The third kappa shape index (κ3) is 4.29. The van der Waals surface area contributed by atoms with Gasteiger partial charge in [0.05, 0.1) is 6.42 Å². The normalized spacial score (nSPS) is 24.8. The summed E-state index contributed by atoms with van der Waals surface area (Å²) in [5.41, 5.74) is 0. The van der Waals surface area contributed by atoms with Crippen molar-refractivity contribution in [2.75, 3.05) is 13.1 Å². The predicted octanol–water partition coefficient (Wildman–Crippen LogP) is 0.746. The Morgan fingerprint density at radius 2 is 2.11 bits per heavy atom. The van der Waals surface area contributed by atoms with Crippen LogP contribution < -0.4 is 10.6 Å². The Bertz CT molecular complexity index is 309. The number of hydrogen-bond donors (Lipinski definition) is 3. The Balaban J connectivity index is 1.68. The van der Waals surface area contributed by atoms with Gasteiger partial charge in [0, 0.05) is 12.5 Å². The number of nitrogens with one attached hydrogen (secondary N) is 2. The molecule has 5 heteroatoms. The lowest BCUT2D eigenvalue weighted by atomic mass is 10.0. The van der Waals surface area contributed by atoms with Gasteiger partial charge in [-0.3, -0.25) is 9.59 Å². The number of carboxylic acid groups (broad SMARTS) is 1. The van der Waals surface area contributed by atoms with Crippen molar-refractivity contribution in [1.29, 1.82) is 0 Å². The number of carbonyl (C=O) groups is 2. The molecule has 0 aromatic carbocycles. The summed E-state index contributed by atoms with van der Waals surface area (Å²) in [5, 5.41) is 15.0. The predicted molar refractivity (Wildman–Crippen MR) is 67.1 cm³/mol. The van der Waals surface area contributed by atoms with E-state index in [0.29, 0.717) is 18.3 Å². The van der Waals surface area contributed by atoms with E-state index >= 15 is 0 Å². The highest BCUT2D eigenvalue weighted by Gasteiger charge is 2.33. The quantitative estimate of drug-likeness (QED) is 0.626. The van der Waals surface area contributed by atoms with E-state index in [-0.39, 0.29) is 18.4 Å². The first kappa shape index (κ1) is 13.3. The average Bonchev–Trinajstić information content (AvgIpc) is 3.02. The lowest BCUT2D eigenvalue weighted by molar-refractivity contribution is -0.137. The van der Waals surface area contributed by atoms with Crippen LogP contribution >= 0.6 is 0 Å². The number of carbonyl (C=O) groups excluding carboxylic acids is 1. The van der Waals surface area contributed by atoms with Gasteiger partial charge >= 0.3 is 5.97 Å². The average molecular weight is 254 g/mol. The standard InChI is InChI=1S/C13H22N2O3/c16-12(4-1-9-5-6-14-8-9)15-11(7-13(17)18)10-2-3-10/h9-11,14H,1-8H2,(H,15,16)(H,17,18). The molecule has 1 saturated heterocycles. The van der Waals surface area contributed by atoms with Crippen LogP contribution in [0.1, 0.15) is 38.5 Å². The third-order valence-corrected chi connectivity index (χ3v) is 3.87. The van der Waals surface area contributed by atoms with Gasteiger partial charge in [-0.05, 0) is 50.6 Å². The summed E-state index contributed by atoms with van der Waals surface area (Å²) in [6, 6.07) is -0.156. The van der Waals surface area contributed by atoms with E-state index in [0.717, 1.165) is 38.8 Å². The summed E-state index contributed by atoms with van der Waals surface area (Å²) in [6.07, 6.45) is 4.73. The first-order valence-corrected chi connectivity index (χ1v) is 6.87. The first-order chi connectivity index (χ1) is 8.65. The molecule has 0 bridgehead atoms. The van der Waals surface area contributed by atoms with E-state index in [1.807, 2.05) is 0 Å². The smallest absolute Gasteiger partial charge is 0.305 e. The fourth-order valence-electron chi connectivity index (χ4n) is 2.60. The maximum Gasteiger partial charge on any atom is 0.305 e. The summed E-state index contributed by atoms with van der Waals surface area (Å²) in [5.74, 6) is 0.181. The van der Waals surface area contributed by atoms with E-state index in [4.69, 9.17) is 5.11 Å². The molecule has 1 heterocycles. The maximum atomic E-state index is 11.8. The number of carboxylic acids is 1. The third-order valence-electron chi connectivity index (χ3n) is 3.87. The highest BCUT2D eigenvalue weighted by molar-refractivity contribution is 5.77. The van der Waals surface area contributed by atoms with Crippen molar-refractivity contribution < 1.29 is 14.7 Å². The molecule has 0 aromatic heterocycles. The van der Waals surface area contributed by atoms with Crippen LogP contribution in [0.15, 0.2) is 0 Å². The summed E-state index contributed by atoms with van der Waals surface area (Å²) in [4.78, 5) is 22.5. The first-order valence-electron chi connectivity index (χ1n) is 6.87. The Morgan fingerprint density at radius 3 is 2.67 bits per heavy atom. The van der Waals surface area contributed by atoms with Gasteiger partial charge in [-0.25, -0.2) is 0 Å². The van der Waals surface area contributed by atoms with Crippen molar-refractivity contribution in [3.63, 3.8) is 0 Å². The van der Waals surface area contributed by atoms with Crippen molar-refractivity contribution in [3.05, 3.63) is 0 Å². The molecule has 1 saturated carbocycles. The molecule has 1 amide bonds. The van der Waals surface area contributed by atoms with Gasteiger partial charge in [-0.15, -0.1) is 0 Å². The number of hydrogen-bond acceptors (Lipinski definition) is 3. The molecule has 2 unspecified atom stereocenters. The van der Waals surface area contributed by atoms with Gasteiger partial charge in [0.25, 0.3) is 0 Å². The largest absolute Gasteiger partial charge is 0.481 e. The van der Waals surface area contributed by atoms with Gasteiger partial charge in [0.1, 0.15) is 0 Å². The molecular weight excluding hydrogens is 232 g/mol. The number of amides is 1. The Labute approximate surface area is 107 Å². The van der Waals surface area contributed by atoms with Crippen LogP contribution in [0.5, 0.6) is 0 Å². The Morgan fingerprint density at radius 1 is 1.33 bits per heavy atom. The highest BCUT2D eigenvalue weighted by atomic mass is 16.4. The minimum absolute atomic E-state index is 0.0139. The monoisotopic (exact) mass is 254 g/mol. The summed E-state index contributed by atoms with van der Waals surface area (Å²) in [7, 11) is 0. The van der Waals surface area contributed by atoms with E-state index in [1.165, 1.54) is 0 Å². The van der Waals surface area contributed by atoms with Gasteiger partial charge in [-0.2, -0.15) is 0 Å². The Kier molecular flexibility index (Phi) is 4.58. The molecule has 2 rings (SSSR count). The fraction of sp³-hybridized carbons (Fsp3) is 0.846. The second-order valence-corrected chi connectivity index (χ2v) is 5.51. The van der Waals surface area contributed by atoms with Gasteiger partial charge in [0.2, 0.25) is 5.91 Å². The van der Waals surface area contributed by atoms with Crippen molar-refractivity contribution in [1.82, 2.24) is 10.6 Å². The summed E-state index contributed by atoms with van der Waals surface area (Å²) >= 11 is 0. The van der Waals surface area contributed by atoms with Crippen LogP contribution in [-0.4, -0.2) is 36.1 Å². The molecule has 1 aliphatic carbocycles. The van der Waals surface area contributed by atoms with Gasteiger partial charge in [-0.1, -0.05) is 0 Å². The summed E-state index contributed by atoms with van der Waals surface area (Å²) < 4.78 is 0. The lowest BCUT2D eigenvalue weighted by Crippen LogP contribution is -2.38. The van der Waals surface area contributed by atoms with Crippen LogP contribution in [0, 0.1) is 11.8 Å². The van der Waals surface area contributed by atoms with Crippen LogP contribution in [0.25, 0.3) is 0 Å². The van der Waals surface area contributed by atoms with E-state index < -0.39 is 5.97 Å². The minimum Gasteiger partial charge on any atom is -0.481 e. The molecule has 18 heavy (non-hydrogen) atoms. The van der Waals surface area contributed by atoms with Crippen LogP contribution in [0.4, 0.5) is 0 Å². The molecule has 102 valence electrons. The Hall–Kier alpha value is -1.10. The molecule has 3 N–H and O–H groups in total. The van der Waals surface area contributed by atoms with Crippen LogP contribution in [-0.2, 0) is 9.59 Å². The van der Waals surface area contributed by atoms with Crippen LogP contribution in [0.2, 0.25) is 0 Å². The van der Waals surface area contributed by atoms with Crippen LogP contribution in [0.3, 0.4) is 0 Å².